The van der Waals surface area contributed by atoms with E-state index in [4.69, 9.17) is 5.11 Å². The van der Waals surface area contributed by atoms with Crippen molar-refractivity contribution in [2.45, 2.75) is 25.4 Å². The lowest BCUT2D eigenvalue weighted by Gasteiger charge is -2.13. The van der Waals surface area contributed by atoms with Crippen molar-refractivity contribution in [3.05, 3.63) is 29.3 Å². The van der Waals surface area contributed by atoms with Crippen molar-refractivity contribution in [1.82, 2.24) is 0 Å². The van der Waals surface area contributed by atoms with Gasteiger partial charge in [-0.1, -0.05) is 12.1 Å². The zero-order chi connectivity index (χ0) is 13.3. The van der Waals surface area contributed by atoms with Crippen LogP contribution in [0, 0.1) is 0 Å². The number of benzene rings is 1. The van der Waals surface area contributed by atoms with Crippen LogP contribution in [0.3, 0.4) is 0 Å². The van der Waals surface area contributed by atoms with Gasteiger partial charge in [-0.25, -0.2) is 0 Å². The molecule has 0 radical (unpaired) electrons. The summed E-state index contributed by atoms with van der Waals surface area (Å²) in [5.74, 6) is -0.896. The molecule has 2 N–H and O–H groups in total. The number of hydrogen-bond acceptors (Lipinski definition) is 3. The van der Waals surface area contributed by atoms with Crippen LogP contribution < -0.4 is 4.90 Å². The maximum atomic E-state index is 11.5. The minimum absolute atomic E-state index is 0.0298. The van der Waals surface area contributed by atoms with Gasteiger partial charge in [0.05, 0.1) is 12.5 Å². The van der Waals surface area contributed by atoms with Crippen molar-refractivity contribution in [3.63, 3.8) is 0 Å². The summed E-state index contributed by atoms with van der Waals surface area (Å²) >= 11 is 0. The number of aliphatic hydroxyl groups excluding tert-OH is 1. The molecule has 1 unspecified atom stereocenters. The highest BCUT2D eigenvalue weighted by molar-refractivity contribution is 6.00. The number of rotatable bonds is 4. The van der Waals surface area contributed by atoms with E-state index < -0.39 is 12.1 Å². The number of carbonyl (C=O) groups excluding carboxylic acids is 1. The topological polar surface area (TPSA) is 77.8 Å². The maximum Gasteiger partial charge on any atom is 0.303 e. The number of likely N-dealkylation sites (N-methyl/N-ethyl adjacent to an activating group) is 1. The minimum Gasteiger partial charge on any atom is -0.481 e. The molecular formula is C13H15NO4. The summed E-state index contributed by atoms with van der Waals surface area (Å²) in [4.78, 5) is 23.5. The monoisotopic (exact) mass is 249 g/mol. The van der Waals surface area contributed by atoms with E-state index in [1.54, 1.807) is 30.1 Å². The van der Waals surface area contributed by atoms with Crippen molar-refractivity contribution in [2.75, 3.05) is 11.9 Å². The smallest absolute Gasteiger partial charge is 0.303 e. The number of amides is 1. The second kappa shape index (κ2) is 4.78. The number of carbonyl (C=O) groups is 2. The zero-order valence-electron chi connectivity index (χ0n) is 10.1. The van der Waals surface area contributed by atoms with Gasteiger partial charge < -0.3 is 15.1 Å². The van der Waals surface area contributed by atoms with E-state index in [1.807, 2.05) is 0 Å². The molecule has 1 atom stereocenters. The molecule has 0 saturated heterocycles. The van der Waals surface area contributed by atoms with Crippen LogP contribution in [0.25, 0.3) is 0 Å². The first-order valence-corrected chi connectivity index (χ1v) is 5.78. The number of hydrogen-bond donors (Lipinski definition) is 2. The Bertz CT molecular complexity index is 498. The molecule has 2 rings (SSSR count). The van der Waals surface area contributed by atoms with Crippen LogP contribution in [0.2, 0.25) is 0 Å². The summed E-state index contributed by atoms with van der Waals surface area (Å²) in [5.41, 5.74) is 2.40. The average Bonchev–Trinajstić information content (AvgIpc) is 2.61. The summed E-state index contributed by atoms with van der Waals surface area (Å²) in [6.45, 7) is 0. The predicted molar refractivity (Wildman–Crippen MR) is 65.4 cm³/mol. The molecule has 1 heterocycles. The third kappa shape index (κ3) is 2.36. The molecule has 0 bridgehead atoms. The van der Waals surface area contributed by atoms with Gasteiger partial charge in [0.2, 0.25) is 5.91 Å². The number of carboxylic acid groups (broad SMARTS) is 1. The molecule has 1 aromatic carbocycles. The lowest BCUT2D eigenvalue weighted by atomic mass is 10.0. The van der Waals surface area contributed by atoms with Gasteiger partial charge in [0.25, 0.3) is 0 Å². The van der Waals surface area contributed by atoms with Crippen LogP contribution >= 0.6 is 0 Å². The van der Waals surface area contributed by atoms with Gasteiger partial charge in [-0.2, -0.15) is 0 Å². The SMILES string of the molecule is CN1C(=O)Cc2cc(C(O)CCC(=O)O)ccc21. The van der Waals surface area contributed by atoms with Crippen molar-refractivity contribution >= 4 is 17.6 Å². The summed E-state index contributed by atoms with van der Waals surface area (Å²) in [5, 5.41) is 18.4. The summed E-state index contributed by atoms with van der Waals surface area (Å²) in [6.07, 6.45) is -0.354. The average molecular weight is 249 g/mol. The van der Waals surface area contributed by atoms with Gasteiger partial charge in [-0.3, -0.25) is 9.59 Å². The number of aliphatic hydroxyl groups is 1. The molecule has 0 aliphatic carbocycles. The van der Waals surface area contributed by atoms with Gasteiger partial charge >= 0.3 is 5.97 Å². The first kappa shape index (κ1) is 12.6. The first-order valence-electron chi connectivity index (χ1n) is 5.78. The highest BCUT2D eigenvalue weighted by Gasteiger charge is 2.24. The molecule has 1 aliphatic rings. The molecule has 1 aromatic rings. The maximum absolute atomic E-state index is 11.5. The Morgan fingerprint density at radius 1 is 1.50 bits per heavy atom. The van der Waals surface area contributed by atoms with E-state index >= 15 is 0 Å². The fraction of sp³-hybridized carbons (Fsp3) is 0.385. The van der Waals surface area contributed by atoms with E-state index in [-0.39, 0.29) is 18.7 Å². The van der Waals surface area contributed by atoms with E-state index in [0.29, 0.717) is 12.0 Å². The van der Waals surface area contributed by atoms with E-state index in [9.17, 15) is 14.7 Å². The predicted octanol–water partition coefficient (Wildman–Crippen LogP) is 1.10. The largest absolute Gasteiger partial charge is 0.481 e. The van der Waals surface area contributed by atoms with Gasteiger partial charge in [-0.15, -0.1) is 0 Å². The Kier molecular flexibility index (Phi) is 3.34. The Morgan fingerprint density at radius 2 is 2.22 bits per heavy atom. The number of anilines is 1. The Hall–Kier alpha value is -1.88. The zero-order valence-corrected chi connectivity index (χ0v) is 10.1. The highest BCUT2D eigenvalue weighted by Crippen LogP contribution is 2.31. The lowest BCUT2D eigenvalue weighted by Crippen LogP contribution is -2.20. The third-order valence-electron chi connectivity index (χ3n) is 3.20. The molecule has 18 heavy (non-hydrogen) atoms. The van der Waals surface area contributed by atoms with Crippen LogP contribution in [-0.2, 0) is 16.0 Å². The number of aliphatic carboxylic acids is 1. The first-order chi connectivity index (χ1) is 8.49. The van der Waals surface area contributed by atoms with Gasteiger partial charge in [0.15, 0.2) is 0 Å². The van der Waals surface area contributed by atoms with E-state index in [2.05, 4.69) is 0 Å². The van der Waals surface area contributed by atoms with Crippen molar-refractivity contribution in [2.24, 2.45) is 0 Å². The fourth-order valence-electron chi connectivity index (χ4n) is 2.12. The third-order valence-corrected chi connectivity index (χ3v) is 3.20. The lowest BCUT2D eigenvalue weighted by molar-refractivity contribution is -0.137. The molecule has 0 saturated carbocycles. The van der Waals surface area contributed by atoms with Crippen molar-refractivity contribution in [1.29, 1.82) is 0 Å². The second-order valence-electron chi connectivity index (χ2n) is 4.47. The summed E-state index contributed by atoms with van der Waals surface area (Å²) in [7, 11) is 1.72. The molecule has 96 valence electrons. The molecule has 0 aromatic heterocycles. The van der Waals surface area contributed by atoms with Crippen LogP contribution in [0.15, 0.2) is 18.2 Å². The molecule has 5 heteroatoms. The highest BCUT2D eigenvalue weighted by atomic mass is 16.4. The Balaban J connectivity index is 2.15. The standard InChI is InChI=1S/C13H15NO4/c1-14-10-3-2-8(6-9(10)7-12(14)16)11(15)4-5-13(17)18/h2-3,6,11,15H,4-5,7H2,1H3,(H,17,18). The molecule has 0 spiro atoms. The van der Waals surface area contributed by atoms with E-state index in [1.165, 1.54) is 0 Å². The second-order valence-corrected chi connectivity index (χ2v) is 4.47. The van der Waals surface area contributed by atoms with Crippen molar-refractivity contribution < 1.29 is 19.8 Å². The van der Waals surface area contributed by atoms with Gasteiger partial charge in [0.1, 0.15) is 0 Å². The van der Waals surface area contributed by atoms with Gasteiger partial charge in [-0.05, 0) is 23.6 Å². The quantitative estimate of drug-likeness (QED) is 0.837. The summed E-state index contributed by atoms with van der Waals surface area (Å²) < 4.78 is 0. The normalized spacial score (nSPS) is 15.7. The van der Waals surface area contributed by atoms with Crippen LogP contribution in [0.1, 0.15) is 30.1 Å². The molecule has 0 fully saturated rings. The molecule has 5 nitrogen and oxygen atoms in total. The van der Waals surface area contributed by atoms with Gasteiger partial charge in [0, 0.05) is 19.2 Å². The van der Waals surface area contributed by atoms with Crippen LogP contribution in [0.5, 0.6) is 0 Å². The van der Waals surface area contributed by atoms with Crippen LogP contribution in [-0.4, -0.2) is 29.1 Å². The molecule has 1 aliphatic heterocycles. The Morgan fingerprint density at radius 3 is 2.89 bits per heavy atom. The van der Waals surface area contributed by atoms with Crippen molar-refractivity contribution in [3.8, 4) is 0 Å². The number of fused-ring (bicyclic) bond motifs is 1. The van der Waals surface area contributed by atoms with E-state index in [0.717, 1.165) is 11.3 Å². The molecular weight excluding hydrogens is 234 g/mol. The van der Waals surface area contributed by atoms with Crippen LogP contribution in [0.4, 0.5) is 5.69 Å². The molecule has 1 amide bonds. The number of nitrogens with zero attached hydrogens (tertiary/aromatic N) is 1. The Labute approximate surface area is 105 Å². The minimum atomic E-state index is -0.926. The summed E-state index contributed by atoms with van der Waals surface area (Å²) in [6, 6.07) is 5.31. The number of carboxylic acids is 1. The fourth-order valence-corrected chi connectivity index (χ4v) is 2.12.